The maximum absolute atomic E-state index is 11.2. The van der Waals surface area contributed by atoms with Crippen molar-refractivity contribution < 1.29 is 19.7 Å². The van der Waals surface area contributed by atoms with E-state index in [0.717, 1.165) is 18.4 Å². The molecule has 0 aromatic rings. The first kappa shape index (κ1) is 17.9. The van der Waals surface area contributed by atoms with Crippen LogP contribution in [0.4, 0.5) is 0 Å². The lowest BCUT2D eigenvalue weighted by atomic mass is 9.80. The third kappa shape index (κ3) is 5.29. The fourth-order valence-corrected chi connectivity index (χ4v) is 2.90. The quantitative estimate of drug-likeness (QED) is 0.607. The maximum Gasteiger partial charge on any atom is 0.303 e. The molecule has 0 aliphatic heterocycles. The van der Waals surface area contributed by atoms with E-state index in [9.17, 15) is 15.0 Å². The summed E-state index contributed by atoms with van der Waals surface area (Å²) in [6, 6.07) is 0. The second kappa shape index (κ2) is 7.76. The molecule has 0 spiro atoms. The van der Waals surface area contributed by atoms with Gasteiger partial charge in [0.1, 0.15) is 12.2 Å². The molecule has 21 heavy (non-hydrogen) atoms. The minimum Gasteiger partial charge on any atom is -0.458 e. The zero-order valence-corrected chi connectivity index (χ0v) is 13.5. The fraction of sp³-hybridized carbons (Fsp3) is 0.706. The molecular formula is C17H28O4. The van der Waals surface area contributed by atoms with Gasteiger partial charge in [0.2, 0.25) is 0 Å². The van der Waals surface area contributed by atoms with E-state index in [1.165, 1.54) is 6.92 Å². The molecular weight excluding hydrogens is 268 g/mol. The number of hydrogen-bond acceptors (Lipinski definition) is 4. The van der Waals surface area contributed by atoms with Gasteiger partial charge < -0.3 is 14.9 Å². The van der Waals surface area contributed by atoms with Crippen LogP contribution in [0.5, 0.6) is 0 Å². The molecule has 0 unspecified atom stereocenters. The highest BCUT2D eigenvalue weighted by molar-refractivity contribution is 5.66. The molecule has 4 heteroatoms. The molecule has 0 fully saturated rings. The Hall–Kier alpha value is -1.13. The van der Waals surface area contributed by atoms with Gasteiger partial charge in [0.05, 0.1) is 6.10 Å². The highest BCUT2D eigenvalue weighted by atomic mass is 16.5. The van der Waals surface area contributed by atoms with E-state index >= 15 is 0 Å². The lowest BCUT2D eigenvalue weighted by molar-refractivity contribution is -0.144. The smallest absolute Gasteiger partial charge is 0.303 e. The number of ether oxygens (including phenoxy) is 1. The van der Waals surface area contributed by atoms with Crippen molar-refractivity contribution in [3.63, 3.8) is 0 Å². The van der Waals surface area contributed by atoms with Gasteiger partial charge in [0.15, 0.2) is 0 Å². The molecule has 1 aliphatic carbocycles. The molecule has 1 aliphatic rings. The largest absolute Gasteiger partial charge is 0.458 e. The summed E-state index contributed by atoms with van der Waals surface area (Å²) in [6.45, 7) is 11.3. The molecule has 0 amide bonds. The lowest BCUT2D eigenvalue weighted by Gasteiger charge is -2.32. The van der Waals surface area contributed by atoms with Gasteiger partial charge in [-0.1, -0.05) is 26.0 Å². The Balaban J connectivity index is 3.00. The van der Waals surface area contributed by atoms with Crippen LogP contribution in [0.3, 0.4) is 0 Å². The van der Waals surface area contributed by atoms with Crippen molar-refractivity contribution >= 4 is 5.97 Å². The van der Waals surface area contributed by atoms with E-state index < -0.39 is 18.3 Å². The molecule has 2 N–H and O–H groups in total. The van der Waals surface area contributed by atoms with Crippen LogP contribution < -0.4 is 0 Å². The Labute approximate surface area is 127 Å². The van der Waals surface area contributed by atoms with Crippen molar-refractivity contribution in [2.75, 3.05) is 0 Å². The predicted octanol–water partition coefficient (Wildman–Crippen LogP) is 2.60. The van der Waals surface area contributed by atoms with Crippen molar-refractivity contribution in [3.05, 3.63) is 23.8 Å². The number of rotatable bonds is 2. The van der Waals surface area contributed by atoms with Gasteiger partial charge in [0.25, 0.3) is 0 Å². The van der Waals surface area contributed by atoms with Crippen LogP contribution in [0.25, 0.3) is 0 Å². The van der Waals surface area contributed by atoms with Crippen molar-refractivity contribution in [1.29, 1.82) is 0 Å². The van der Waals surface area contributed by atoms with Gasteiger partial charge >= 0.3 is 5.97 Å². The van der Waals surface area contributed by atoms with Crippen LogP contribution in [0.15, 0.2) is 23.8 Å². The monoisotopic (exact) mass is 296 g/mol. The van der Waals surface area contributed by atoms with Gasteiger partial charge in [-0.25, -0.2) is 0 Å². The van der Waals surface area contributed by atoms with E-state index in [2.05, 4.69) is 20.4 Å². The highest BCUT2D eigenvalue weighted by Crippen LogP contribution is 2.30. The van der Waals surface area contributed by atoms with Crippen molar-refractivity contribution in [3.8, 4) is 0 Å². The molecule has 0 aromatic carbocycles. The van der Waals surface area contributed by atoms with Crippen molar-refractivity contribution in [2.24, 2.45) is 11.8 Å². The molecule has 4 nitrogen and oxygen atoms in total. The first-order valence-electron chi connectivity index (χ1n) is 7.60. The highest BCUT2D eigenvalue weighted by Gasteiger charge is 2.31. The van der Waals surface area contributed by atoms with Crippen molar-refractivity contribution in [1.82, 2.24) is 0 Å². The predicted molar refractivity (Wildman–Crippen MR) is 82.6 cm³/mol. The third-order valence-electron chi connectivity index (χ3n) is 4.16. The van der Waals surface area contributed by atoms with E-state index in [1.807, 2.05) is 13.0 Å². The Bertz CT molecular complexity index is 411. The van der Waals surface area contributed by atoms with Crippen molar-refractivity contribution in [2.45, 2.75) is 65.3 Å². The van der Waals surface area contributed by atoms with Gasteiger partial charge in [-0.3, -0.25) is 4.79 Å². The first-order chi connectivity index (χ1) is 9.72. The summed E-state index contributed by atoms with van der Waals surface area (Å²) >= 11 is 0. The summed E-state index contributed by atoms with van der Waals surface area (Å²) in [4.78, 5) is 11.2. The summed E-state index contributed by atoms with van der Waals surface area (Å²) in [5, 5.41) is 20.7. The van der Waals surface area contributed by atoms with Gasteiger partial charge in [0, 0.05) is 13.3 Å². The average molecular weight is 296 g/mol. The minimum absolute atomic E-state index is 0.0189. The van der Waals surface area contributed by atoms with Gasteiger partial charge in [-0.2, -0.15) is 0 Å². The van der Waals surface area contributed by atoms with Crippen LogP contribution in [0, 0.1) is 11.8 Å². The Morgan fingerprint density at radius 2 is 2.05 bits per heavy atom. The summed E-state index contributed by atoms with van der Waals surface area (Å²) in [5.41, 5.74) is 1.63. The second-order valence-electron chi connectivity index (χ2n) is 6.41. The summed E-state index contributed by atoms with van der Waals surface area (Å²) in [6.07, 6.45) is 1.62. The lowest BCUT2D eigenvalue weighted by Crippen LogP contribution is -2.38. The first-order valence-corrected chi connectivity index (χ1v) is 7.60. The van der Waals surface area contributed by atoms with Crippen LogP contribution in [-0.2, 0) is 9.53 Å². The molecule has 1 rings (SSSR count). The zero-order chi connectivity index (χ0) is 16.2. The molecule has 0 saturated carbocycles. The Morgan fingerprint density at radius 3 is 2.57 bits per heavy atom. The number of hydrogen-bond donors (Lipinski definition) is 2. The molecule has 0 heterocycles. The van der Waals surface area contributed by atoms with Crippen LogP contribution in [0.2, 0.25) is 0 Å². The molecule has 0 radical (unpaired) electrons. The molecule has 0 aromatic heterocycles. The number of esters is 1. The Kier molecular flexibility index (Phi) is 6.62. The summed E-state index contributed by atoms with van der Waals surface area (Å²) < 4.78 is 5.25. The number of carbonyl (C=O) groups is 1. The second-order valence-corrected chi connectivity index (χ2v) is 6.41. The molecule has 0 saturated heterocycles. The molecule has 120 valence electrons. The van der Waals surface area contributed by atoms with Gasteiger partial charge in [-0.05, 0) is 43.3 Å². The van der Waals surface area contributed by atoms with Crippen LogP contribution in [0.1, 0.15) is 47.0 Å². The normalized spacial score (nSPS) is 34.2. The number of aliphatic hydroxyl groups is 2. The van der Waals surface area contributed by atoms with Crippen LogP contribution in [-0.4, -0.2) is 34.5 Å². The maximum atomic E-state index is 11.2. The molecule has 0 bridgehead atoms. The standard InChI is InChI=1S/C17H28O4/c1-10(2)15-7-6-11(3)8-14(21-13(5)18)9-12(4)16(19)17(15)20/h8,10,14-17,19-20H,4,6-7,9H2,1-3,5H3/b11-8+/t14-,15-,16-,17+/m0/s1. The number of carbonyl (C=O) groups excluding carboxylic acids is 1. The van der Waals surface area contributed by atoms with E-state index in [1.54, 1.807) is 0 Å². The average Bonchev–Trinajstić information content (AvgIpc) is 2.35. The molecule has 4 atom stereocenters. The zero-order valence-electron chi connectivity index (χ0n) is 13.5. The fourth-order valence-electron chi connectivity index (χ4n) is 2.90. The SMILES string of the molecule is C=C1C[C@@H](OC(C)=O)/C=C(\C)CC[C@@H](C(C)C)[C@@H](O)[C@H]1O. The number of allylic oxidation sites excluding steroid dienone is 1. The topological polar surface area (TPSA) is 66.8 Å². The van der Waals surface area contributed by atoms with E-state index in [0.29, 0.717) is 12.0 Å². The Morgan fingerprint density at radius 1 is 1.43 bits per heavy atom. The number of aliphatic hydroxyl groups excluding tert-OH is 2. The van der Waals surface area contributed by atoms with Crippen LogP contribution >= 0.6 is 0 Å². The summed E-state index contributed by atoms with van der Waals surface area (Å²) in [7, 11) is 0. The summed E-state index contributed by atoms with van der Waals surface area (Å²) in [5.74, 6) is -0.0617. The van der Waals surface area contributed by atoms with E-state index in [-0.39, 0.29) is 17.8 Å². The third-order valence-corrected chi connectivity index (χ3v) is 4.16. The minimum atomic E-state index is -0.984. The van der Waals surface area contributed by atoms with E-state index in [4.69, 9.17) is 4.74 Å². The van der Waals surface area contributed by atoms with Gasteiger partial charge in [-0.15, -0.1) is 0 Å².